The molecule has 140 valence electrons. The Morgan fingerprint density at radius 1 is 1.22 bits per heavy atom. The Morgan fingerprint density at radius 3 is 2.63 bits per heavy atom. The molecule has 1 aromatic carbocycles. The topological polar surface area (TPSA) is 75.0 Å². The van der Waals surface area contributed by atoms with Crippen molar-refractivity contribution in [2.24, 2.45) is 0 Å². The minimum Gasteiger partial charge on any atom is -0.361 e. The highest BCUT2D eigenvalue weighted by Crippen LogP contribution is 2.29. The number of amides is 1. The Morgan fingerprint density at radius 2 is 1.96 bits per heavy atom. The lowest BCUT2D eigenvalue weighted by atomic mass is 9.92. The molecule has 0 radical (unpaired) electrons. The highest BCUT2D eigenvalue weighted by Gasteiger charge is 2.29. The predicted molar refractivity (Wildman–Crippen MR) is 102 cm³/mol. The van der Waals surface area contributed by atoms with Crippen LogP contribution in [0.25, 0.3) is 0 Å². The number of aromatic nitrogens is 3. The van der Waals surface area contributed by atoms with Crippen molar-refractivity contribution in [2.75, 3.05) is 13.1 Å². The number of hydrogen-bond acceptors (Lipinski definition) is 4. The molecule has 0 aliphatic carbocycles. The van der Waals surface area contributed by atoms with Crippen molar-refractivity contribution in [2.45, 2.75) is 39.0 Å². The van der Waals surface area contributed by atoms with Gasteiger partial charge >= 0.3 is 0 Å². The fourth-order valence-corrected chi connectivity index (χ4v) is 3.82. The van der Waals surface area contributed by atoms with Crippen LogP contribution in [0.15, 0.2) is 40.9 Å². The summed E-state index contributed by atoms with van der Waals surface area (Å²) in [5.41, 5.74) is 4.78. The SMILES string of the molecule is Cc1noc(C)c1C(=O)N1CCC(c2cc(Cc3ccccc3)[nH]n2)CC1. The number of benzene rings is 1. The summed E-state index contributed by atoms with van der Waals surface area (Å²) in [5.74, 6) is 1.01. The van der Waals surface area contributed by atoms with Gasteiger partial charge in [-0.1, -0.05) is 35.5 Å². The van der Waals surface area contributed by atoms with Gasteiger partial charge in [-0.3, -0.25) is 9.89 Å². The monoisotopic (exact) mass is 364 g/mol. The highest BCUT2D eigenvalue weighted by atomic mass is 16.5. The fourth-order valence-electron chi connectivity index (χ4n) is 3.82. The van der Waals surface area contributed by atoms with Crippen LogP contribution in [0, 0.1) is 13.8 Å². The number of aromatic amines is 1. The van der Waals surface area contributed by atoms with Gasteiger partial charge in [-0.25, -0.2) is 0 Å². The molecule has 1 aliphatic rings. The Labute approximate surface area is 158 Å². The molecule has 3 heterocycles. The van der Waals surface area contributed by atoms with Crippen LogP contribution < -0.4 is 0 Å². The van der Waals surface area contributed by atoms with E-state index >= 15 is 0 Å². The molecule has 4 rings (SSSR count). The lowest BCUT2D eigenvalue weighted by Crippen LogP contribution is -2.38. The molecule has 1 N–H and O–H groups in total. The molecule has 3 aromatic rings. The van der Waals surface area contributed by atoms with Crippen molar-refractivity contribution in [1.82, 2.24) is 20.3 Å². The number of carbonyl (C=O) groups is 1. The Hall–Kier alpha value is -2.89. The molecule has 27 heavy (non-hydrogen) atoms. The first-order chi connectivity index (χ1) is 13.1. The number of rotatable bonds is 4. The number of aryl methyl sites for hydroxylation is 2. The van der Waals surface area contributed by atoms with Crippen molar-refractivity contribution in [3.63, 3.8) is 0 Å². The first-order valence-electron chi connectivity index (χ1n) is 9.42. The van der Waals surface area contributed by atoms with E-state index in [1.165, 1.54) is 5.56 Å². The van der Waals surface area contributed by atoms with Crippen molar-refractivity contribution in [3.8, 4) is 0 Å². The van der Waals surface area contributed by atoms with Crippen LogP contribution in [0.4, 0.5) is 0 Å². The largest absolute Gasteiger partial charge is 0.361 e. The molecule has 1 fully saturated rings. The fraction of sp³-hybridized carbons (Fsp3) is 0.381. The van der Waals surface area contributed by atoms with E-state index in [1.807, 2.05) is 17.9 Å². The molecule has 0 bridgehead atoms. The van der Waals surface area contributed by atoms with E-state index in [0.29, 0.717) is 22.9 Å². The number of nitrogens with zero attached hydrogens (tertiary/aromatic N) is 3. The van der Waals surface area contributed by atoms with Gasteiger partial charge in [0.15, 0.2) is 0 Å². The number of likely N-dealkylation sites (tertiary alicyclic amines) is 1. The van der Waals surface area contributed by atoms with Gasteiger partial charge in [0.05, 0.1) is 11.4 Å². The van der Waals surface area contributed by atoms with Crippen LogP contribution in [0.5, 0.6) is 0 Å². The zero-order valence-electron chi connectivity index (χ0n) is 15.7. The second-order valence-electron chi connectivity index (χ2n) is 7.25. The van der Waals surface area contributed by atoms with E-state index in [4.69, 9.17) is 4.52 Å². The second kappa shape index (κ2) is 7.39. The standard InChI is InChI=1S/C21H24N4O2/c1-14-20(15(2)27-24-14)21(26)25-10-8-17(9-11-25)19-13-18(22-23-19)12-16-6-4-3-5-7-16/h3-7,13,17H,8-12H2,1-2H3,(H,22,23). The van der Waals surface area contributed by atoms with Gasteiger partial charge in [-0.2, -0.15) is 5.10 Å². The molecule has 1 aliphatic heterocycles. The minimum atomic E-state index is 0.0245. The lowest BCUT2D eigenvalue weighted by Gasteiger charge is -2.31. The van der Waals surface area contributed by atoms with Gasteiger partial charge in [0, 0.05) is 31.1 Å². The molecule has 1 saturated heterocycles. The Bertz CT molecular complexity index is 901. The third-order valence-electron chi connectivity index (χ3n) is 5.34. The smallest absolute Gasteiger partial charge is 0.259 e. The third-order valence-corrected chi connectivity index (χ3v) is 5.34. The Kier molecular flexibility index (Phi) is 4.79. The van der Waals surface area contributed by atoms with Crippen LogP contribution in [0.3, 0.4) is 0 Å². The van der Waals surface area contributed by atoms with Crippen LogP contribution in [-0.2, 0) is 6.42 Å². The van der Waals surface area contributed by atoms with E-state index in [1.54, 1.807) is 6.92 Å². The zero-order chi connectivity index (χ0) is 18.8. The minimum absolute atomic E-state index is 0.0245. The summed E-state index contributed by atoms with van der Waals surface area (Å²) in [6.45, 7) is 5.06. The van der Waals surface area contributed by atoms with Crippen molar-refractivity contribution in [1.29, 1.82) is 0 Å². The summed E-state index contributed by atoms with van der Waals surface area (Å²) >= 11 is 0. The van der Waals surface area contributed by atoms with E-state index in [2.05, 4.69) is 45.7 Å². The predicted octanol–water partition coefficient (Wildman–Crippen LogP) is 3.63. The van der Waals surface area contributed by atoms with Gasteiger partial charge < -0.3 is 9.42 Å². The van der Waals surface area contributed by atoms with Crippen molar-refractivity contribution >= 4 is 5.91 Å². The van der Waals surface area contributed by atoms with E-state index < -0.39 is 0 Å². The second-order valence-corrected chi connectivity index (χ2v) is 7.25. The molecule has 0 atom stereocenters. The average Bonchev–Trinajstić information content (AvgIpc) is 3.29. The number of nitrogens with one attached hydrogen (secondary N) is 1. The van der Waals surface area contributed by atoms with Gasteiger partial charge in [0.25, 0.3) is 5.91 Å². The molecule has 6 heteroatoms. The van der Waals surface area contributed by atoms with Crippen LogP contribution >= 0.6 is 0 Å². The normalized spacial score (nSPS) is 15.3. The van der Waals surface area contributed by atoms with E-state index in [-0.39, 0.29) is 5.91 Å². The molecule has 0 unspecified atom stereocenters. The molecular formula is C21H24N4O2. The van der Waals surface area contributed by atoms with Crippen molar-refractivity contribution in [3.05, 3.63) is 70.4 Å². The molecule has 0 saturated carbocycles. The maximum Gasteiger partial charge on any atom is 0.259 e. The summed E-state index contributed by atoms with van der Waals surface area (Å²) in [6.07, 6.45) is 2.70. The maximum atomic E-state index is 12.8. The number of H-pyrrole nitrogens is 1. The molecule has 1 amide bonds. The van der Waals surface area contributed by atoms with Crippen LogP contribution in [0.1, 0.15) is 57.5 Å². The molecule has 0 spiro atoms. The summed E-state index contributed by atoms with van der Waals surface area (Å²) < 4.78 is 5.14. The maximum absolute atomic E-state index is 12.8. The Balaban J connectivity index is 1.38. The summed E-state index contributed by atoms with van der Waals surface area (Å²) in [6, 6.07) is 12.6. The van der Waals surface area contributed by atoms with Gasteiger partial charge in [0.1, 0.15) is 11.3 Å². The highest BCUT2D eigenvalue weighted by molar-refractivity contribution is 5.96. The first kappa shape index (κ1) is 17.5. The number of hydrogen-bond donors (Lipinski definition) is 1. The van der Waals surface area contributed by atoms with E-state index in [9.17, 15) is 4.79 Å². The first-order valence-corrected chi connectivity index (χ1v) is 9.42. The van der Waals surface area contributed by atoms with Gasteiger partial charge in [0.2, 0.25) is 0 Å². The summed E-state index contributed by atoms with van der Waals surface area (Å²) in [7, 11) is 0. The molecular weight excluding hydrogens is 340 g/mol. The summed E-state index contributed by atoms with van der Waals surface area (Å²) in [5, 5.41) is 11.6. The van der Waals surface area contributed by atoms with E-state index in [0.717, 1.165) is 43.7 Å². The number of piperidine rings is 1. The van der Waals surface area contributed by atoms with Gasteiger partial charge in [-0.05, 0) is 38.3 Å². The van der Waals surface area contributed by atoms with Crippen molar-refractivity contribution < 1.29 is 9.32 Å². The molecule has 2 aromatic heterocycles. The lowest BCUT2D eigenvalue weighted by molar-refractivity contribution is 0.0709. The quantitative estimate of drug-likeness (QED) is 0.767. The van der Waals surface area contributed by atoms with Crippen LogP contribution in [0.2, 0.25) is 0 Å². The van der Waals surface area contributed by atoms with Gasteiger partial charge in [-0.15, -0.1) is 0 Å². The average molecular weight is 364 g/mol. The summed E-state index contributed by atoms with van der Waals surface area (Å²) in [4.78, 5) is 14.7. The zero-order valence-corrected chi connectivity index (χ0v) is 15.7. The number of carbonyl (C=O) groups excluding carboxylic acids is 1. The van der Waals surface area contributed by atoms with Crippen LogP contribution in [-0.4, -0.2) is 39.3 Å². The molecule has 6 nitrogen and oxygen atoms in total. The third kappa shape index (κ3) is 3.65.